The zero-order valence-electron chi connectivity index (χ0n) is 13.0. The van der Waals surface area contributed by atoms with E-state index in [1.54, 1.807) is 7.11 Å². The summed E-state index contributed by atoms with van der Waals surface area (Å²) in [5, 5.41) is 5.66. The maximum atomic E-state index is 11.8. The molecular weight excluding hydrogens is 268 g/mol. The maximum absolute atomic E-state index is 11.8. The second kappa shape index (κ2) is 11.1. The molecule has 0 aliphatic carbocycles. The van der Waals surface area contributed by atoms with E-state index in [1.165, 1.54) is 0 Å². The highest BCUT2D eigenvalue weighted by Gasteiger charge is 2.05. The Hall–Kier alpha value is -1.59. The topological polar surface area (TPSA) is 59.6 Å². The smallest absolute Gasteiger partial charge is 0.319 e. The van der Waals surface area contributed by atoms with Crippen LogP contribution in [0.25, 0.3) is 0 Å². The number of carbonyl (C=O) groups is 1. The number of ether oxygens (including phenoxy) is 2. The average molecular weight is 294 g/mol. The lowest BCUT2D eigenvalue weighted by Gasteiger charge is -2.11. The number of carbonyl (C=O) groups excluding carboxylic acids is 1. The second-order valence-electron chi connectivity index (χ2n) is 4.79. The van der Waals surface area contributed by atoms with Gasteiger partial charge in [0.1, 0.15) is 0 Å². The van der Waals surface area contributed by atoms with Crippen molar-refractivity contribution in [2.75, 3.05) is 32.2 Å². The third-order valence-electron chi connectivity index (χ3n) is 2.96. The molecule has 5 nitrogen and oxygen atoms in total. The molecular formula is C16H26N2O3. The fourth-order valence-corrected chi connectivity index (χ4v) is 1.81. The van der Waals surface area contributed by atoms with E-state index in [0.29, 0.717) is 19.8 Å². The number of hydrogen-bond donors (Lipinski definition) is 2. The van der Waals surface area contributed by atoms with Gasteiger partial charge in [-0.2, -0.15) is 0 Å². The van der Waals surface area contributed by atoms with Crippen molar-refractivity contribution < 1.29 is 14.3 Å². The molecule has 0 atom stereocenters. The number of rotatable bonds is 10. The Kier molecular flexibility index (Phi) is 9.24. The van der Waals surface area contributed by atoms with Crippen LogP contribution >= 0.6 is 0 Å². The molecule has 0 aliphatic rings. The third-order valence-corrected chi connectivity index (χ3v) is 2.96. The zero-order chi connectivity index (χ0) is 15.3. The number of para-hydroxylation sites is 1. The molecule has 0 radical (unpaired) electrons. The lowest BCUT2D eigenvalue weighted by molar-refractivity contribution is 0.129. The van der Waals surface area contributed by atoms with Gasteiger partial charge in [0.15, 0.2) is 0 Å². The van der Waals surface area contributed by atoms with Crippen molar-refractivity contribution in [3.05, 3.63) is 29.8 Å². The summed E-state index contributed by atoms with van der Waals surface area (Å²) in [5.74, 6) is 0. The van der Waals surface area contributed by atoms with Gasteiger partial charge in [0.25, 0.3) is 0 Å². The quantitative estimate of drug-likeness (QED) is 0.652. The molecule has 0 aromatic heterocycles. The lowest BCUT2D eigenvalue weighted by atomic mass is 10.2. The molecule has 1 aromatic rings. The van der Waals surface area contributed by atoms with Crippen LogP contribution in [0.1, 0.15) is 31.7 Å². The van der Waals surface area contributed by atoms with Crippen LogP contribution in [0.5, 0.6) is 0 Å². The van der Waals surface area contributed by atoms with Crippen molar-refractivity contribution >= 4 is 11.7 Å². The Balaban J connectivity index is 2.21. The molecule has 0 aliphatic heterocycles. The monoisotopic (exact) mass is 294 g/mol. The molecule has 21 heavy (non-hydrogen) atoms. The summed E-state index contributed by atoms with van der Waals surface area (Å²) in [7, 11) is 1.63. The molecule has 0 unspecified atom stereocenters. The van der Waals surface area contributed by atoms with Gasteiger partial charge in [-0.1, -0.05) is 31.5 Å². The van der Waals surface area contributed by atoms with Gasteiger partial charge >= 0.3 is 6.03 Å². The van der Waals surface area contributed by atoms with Gasteiger partial charge in [-0.15, -0.1) is 0 Å². The van der Waals surface area contributed by atoms with E-state index in [4.69, 9.17) is 9.47 Å². The van der Waals surface area contributed by atoms with Crippen LogP contribution in [0.2, 0.25) is 0 Å². The predicted molar refractivity (Wildman–Crippen MR) is 84.5 cm³/mol. The van der Waals surface area contributed by atoms with Crippen molar-refractivity contribution in [2.24, 2.45) is 0 Å². The average Bonchev–Trinajstić information content (AvgIpc) is 2.48. The molecule has 0 saturated heterocycles. The van der Waals surface area contributed by atoms with E-state index < -0.39 is 0 Å². The summed E-state index contributed by atoms with van der Waals surface area (Å²) >= 11 is 0. The summed E-state index contributed by atoms with van der Waals surface area (Å²) < 4.78 is 10.5. The van der Waals surface area contributed by atoms with E-state index in [1.807, 2.05) is 24.3 Å². The van der Waals surface area contributed by atoms with Gasteiger partial charge in [0, 0.05) is 38.1 Å². The fourth-order valence-electron chi connectivity index (χ4n) is 1.81. The number of nitrogens with one attached hydrogen (secondary N) is 2. The lowest BCUT2D eigenvalue weighted by Crippen LogP contribution is -2.30. The van der Waals surface area contributed by atoms with Crippen molar-refractivity contribution in [1.82, 2.24) is 5.32 Å². The Morgan fingerprint density at radius 1 is 1.19 bits per heavy atom. The molecule has 0 fully saturated rings. The Morgan fingerprint density at radius 3 is 2.71 bits per heavy atom. The van der Waals surface area contributed by atoms with Crippen LogP contribution in [0.15, 0.2) is 24.3 Å². The van der Waals surface area contributed by atoms with Crippen LogP contribution in [0, 0.1) is 0 Å². The SMILES string of the molecule is CCCCOCCCNC(=O)Nc1ccccc1COC. The molecule has 1 aromatic carbocycles. The highest BCUT2D eigenvalue weighted by atomic mass is 16.5. The highest BCUT2D eigenvalue weighted by molar-refractivity contribution is 5.90. The number of methoxy groups -OCH3 is 1. The van der Waals surface area contributed by atoms with Gasteiger partial charge < -0.3 is 20.1 Å². The minimum Gasteiger partial charge on any atom is -0.381 e. The van der Waals surface area contributed by atoms with Gasteiger partial charge in [-0.05, 0) is 18.9 Å². The van der Waals surface area contributed by atoms with Crippen LogP contribution in [0.4, 0.5) is 10.5 Å². The van der Waals surface area contributed by atoms with E-state index in [-0.39, 0.29) is 6.03 Å². The van der Waals surface area contributed by atoms with Crippen molar-refractivity contribution in [1.29, 1.82) is 0 Å². The number of anilines is 1. The van der Waals surface area contributed by atoms with Crippen LogP contribution in [0.3, 0.4) is 0 Å². The van der Waals surface area contributed by atoms with Crippen molar-refractivity contribution in [3.63, 3.8) is 0 Å². The zero-order valence-corrected chi connectivity index (χ0v) is 13.0. The summed E-state index contributed by atoms with van der Waals surface area (Å²) in [6.45, 7) is 4.69. The Labute approximate surface area is 127 Å². The van der Waals surface area contributed by atoms with E-state index >= 15 is 0 Å². The van der Waals surface area contributed by atoms with E-state index in [2.05, 4.69) is 17.6 Å². The first kappa shape index (κ1) is 17.5. The first-order valence-corrected chi connectivity index (χ1v) is 7.47. The van der Waals surface area contributed by atoms with Crippen LogP contribution < -0.4 is 10.6 Å². The normalized spacial score (nSPS) is 10.4. The summed E-state index contributed by atoms with van der Waals surface area (Å²) in [5.41, 5.74) is 1.73. The van der Waals surface area contributed by atoms with Gasteiger partial charge in [-0.3, -0.25) is 0 Å². The Bertz CT molecular complexity index is 410. The minimum atomic E-state index is -0.202. The van der Waals surface area contributed by atoms with Gasteiger partial charge in [0.2, 0.25) is 0 Å². The highest BCUT2D eigenvalue weighted by Crippen LogP contribution is 2.15. The molecule has 0 spiro atoms. The first-order chi connectivity index (χ1) is 10.3. The predicted octanol–water partition coefficient (Wildman–Crippen LogP) is 3.16. The summed E-state index contributed by atoms with van der Waals surface area (Å²) in [6.07, 6.45) is 3.04. The number of hydrogen-bond acceptors (Lipinski definition) is 3. The van der Waals surface area contributed by atoms with Crippen LogP contribution in [-0.4, -0.2) is 32.9 Å². The largest absolute Gasteiger partial charge is 0.381 e. The molecule has 5 heteroatoms. The number of unbranched alkanes of at least 4 members (excludes halogenated alkanes) is 1. The fraction of sp³-hybridized carbons (Fsp3) is 0.562. The number of amides is 2. The minimum absolute atomic E-state index is 0.202. The van der Waals surface area contributed by atoms with Gasteiger partial charge in [-0.25, -0.2) is 4.79 Å². The molecule has 118 valence electrons. The van der Waals surface area contributed by atoms with E-state index in [9.17, 15) is 4.79 Å². The molecule has 2 N–H and O–H groups in total. The molecule has 0 bridgehead atoms. The standard InChI is InChI=1S/C16H26N2O3/c1-3-4-11-21-12-7-10-17-16(19)18-15-9-6-5-8-14(15)13-20-2/h5-6,8-9H,3-4,7,10-13H2,1-2H3,(H2,17,18,19). The summed E-state index contributed by atoms with van der Waals surface area (Å²) in [6, 6.07) is 7.40. The molecule has 2 amide bonds. The number of urea groups is 1. The van der Waals surface area contributed by atoms with Crippen molar-refractivity contribution in [2.45, 2.75) is 32.8 Å². The third kappa shape index (κ3) is 7.68. The maximum Gasteiger partial charge on any atom is 0.319 e. The second-order valence-corrected chi connectivity index (χ2v) is 4.79. The number of benzene rings is 1. The molecule has 1 rings (SSSR count). The van der Waals surface area contributed by atoms with Crippen LogP contribution in [-0.2, 0) is 16.1 Å². The van der Waals surface area contributed by atoms with Gasteiger partial charge in [0.05, 0.1) is 6.61 Å². The van der Waals surface area contributed by atoms with E-state index in [0.717, 1.165) is 37.1 Å². The first-order valence-electron chi connectivity index (χ1n) is 7.47. The molecule has 0 heterocycles. The molecule has 0 saturated carbocycles. The van der Waals surface area contributed by atoms with Crippen molar-refractivity contribution in [3.8, 4) is 0 Å². The summed E-state index contributed by atoms with van der Waals surface area (Å²) in [4.78, 5) is 11.8. The Morgan fingerprint density at radius 2 is 1.95 bits per heavy atom.